The normalized spacial score (nSPS) is 13.6. The van der Waals surface area contributed by atoms with Crippen LogP contribution in [-0.2, 0) is 4.57 Å². The van der Waals surface area contributed by atoms with Crippen LogP contribution < -0.4 is 0 Å². The third kappa shape index (κ3) is 11.9. The van der Waals surface area contributed by atoms with Crippen LogP contribution in [0.3, 0.4) is 0 Å². The lowest BCUT2D eigenvalue weighted by Crippen LogP contribution is -2.08. The summed E-state index contributed by atoms with van der Waals surface area (Å²) in [5.74, 6) is 0. The Kier molecular flexibility index (Phi) is 13.0. The molecule has 2 N–H and O–H groups in total. The first-order valence-electron chi connectivity index (χ1n) is 8.57. The number of hydrogen-bond donors (Lipinski definition) is 2. The fourth-order valence-electron chi connectivity index (χ4n) is 2.62. The van der Waals surface area contributed by atoms with Crippen molar-refractivity contribution in [3.8, 4) is 0 Å². The van der Waals surface area contributed by atoms with E-state index < -0.39 is 13.3 Å². The number of unbranched alkanes of at least 4 members (excludes halogenated alkanes) is 9. The van der Waals surface area contributed by atoms with E-state index in [0.717, 1.165) is 25.7 Å². The topological polar surface area (TPSA) is 57.5 Å². The smallest absolute Gasteiger partial charge is 0.324 e. The fourth-order valence-corrected chi connectivity index (χ4v) is 3.66. The van der Waals surface area contributed by atoms with E-state index in [2.05, 4.69) is 13.8 Å². The summed E-state index contributed by atoms with van der Waals surface area (Å²) in [7, 11) is -3.89. The molecule has 0 aromatic heterocycles. The lowest BCUT2D eigenvalue weighted by Gasteiger charge is -2.18. The average Bonchev–Trinajstić information content (AvgIpc) is 2.38. The van der Waals surface area contributed by atoms with Gasteiger partial charge in [0.25, 0.3) is 0 Å². The Morgan fingerprint density at radius 3 is 1.40 bits per heavy atom. The number of rotatable bonds is 14. The summed E-state index contributed by atoms with van der Waals surface area (Å²) in [6.45, 7) is 4.37. The molecular formula is C16H35O3P. The number of hydrogen-bond acceptors (Lipinski definition) is 1. The van der Waals surface area contributed by atoms with E-state index in [0.29, 0.717) is 12.8 Å². The molecule has 0 amide bonds. The third-order valence-electron chi connectivity index (χ3n) is 4.01. The van der Waals surface area contributed by atoms with Crippen LogP contribution in [-0.4, -0.2) is 15.4 Å². The Labute approximate surface area is 125 Å². The lowest BCUT2D eigenvalue weighted by atomic mass is 10.0. The maximum atomic E-state index is 11.5. The van der Waals surface area contributed by atoms with E-state index in [4.69, 9.17) is 0 Å². The van der Waals surface area contributed by atoms with Crippen molar-refractivity contribution in [3.05, 3.63) is 0 Å². The predicted molar refractivity (Wildman–Crippen MR) is 87.2 cm³/mol. The van der Waals surface area contributed by atoms with Gasteiger partial charge in [-0.3, -0.25) is 4.57 Å². The van der Waals surface area contributed by atoms with Crippen LogP contribution in [0.25, 0.3) is 0 Å². The molecular weight excluding hydrogens is 271 g/mol. The van der Waals surface area contributed by atoms with Gasteiger partial charge in [-0.1, -0.05) is 84.5 Å². The van der Waals surface area contributed by atoms with E-state index in [9.17, 15) is 14.4 Å². The Bertz CT molecular complexity index is 250. The van der Waals surface area contributed by atoms with Crippen molar-refractivity contribution in [3.63, 3.8) is 0 Å². The van der Waals surface area contributed by atoms with Crippen molar-refractivity contribution < 1.29 is 14.4 Å². The molecule has 3 nitrogen and oxygen atoms in total. The lowest BCUT2D eigenvalue weighted by molar-refractivity contribution is 0.345. The minimum Gasteiger partial charge on any atom is -0.324 e. The van der Waals surface area contributed by atoms with Gasteiger partial charge in [0.1, 0.15) is 0 Å². The molecule has 0 heterocycles. The van der Waals surface area contributed by atoms with E-state index in [1.165, 1.54) is 44.9 Å². The van der Waals surface area contributed by atoms with E-state index in [-0.39, 0.29) is 0 Å². The molecule has 0 radical (unpaired) electrons. The van der Waals surface area contributed by atoms with Gasteiger partial charge in [-0.25, -0.2) is 0 Å². The predicted octanol–water partition coefficient (Wildman–Crippen LogP) is 5.64. The molecule has 1 atom stereocenters. The summed E-state index contributed by atoms with van der Waals surface area (Å²) in [6, 6.07) is 0. The molecule has 1 unspecified atom stereocenters. The van der Waals surface area contributed by atoms with Gasteiger partial charge in [-0.05, 0) is 12.8 Å². The first kappa shape index (κ1) is 20.1. The highest BCUT2D eigenvalue weighted by atomic mass is 31.2. The Hall–Kier alpha value is 0.150. The summed E-state index contributed by atoms with van der Waals surface area (Å²) >= 11 is 0. The van der Waals surface area contributed by atoms with Gasteiger partial charge in [0.15, 0.2) is 0 Å². The second kappa shape index (κ2) is 12.9. The summed E-state index contributed by atoms with van der Waals surface area (Å²) < 4.78 is 11.5. The first-order valence-corrected chi connectivity index (χ1v) is 10.3. The third-order valence-corrected chi connectivity index (χ3v) is 5.48. The zero-order valence-electron chi connectivity index (χ0n) is 13.5. The highest BCUT2D eigenvalue weighted by Crippen LogP contribution is 2.46. The highest BCUT2D eigenvalue weighted by Gasteiger charge is 2.27. The van der Waals surface area contributed by atoms with Gasteiger partial charge in [-0.15, -0.1) is 0 Å². The molecule has 0 aromatic rings. The van der Waals surface area contributed by atoms with Crippen molar-refractivity contribution in [2.24, 2.45) is 0 Å². The second-order valence-corrected chi connectivity index (χ2v) is 7.91. The minimum absolute atomic E-state index is 0.393. The van der Waals surface area contributed by atoms with Crippen molar-refractivity contribution in [1.29, 1.82) is 0 Å². The molecule has 4 heteroatoms. The highest BCUT2D eigenvalue weighted by molar-refractivity contribution is 7.52. The summed E-state index contributed by atoms with van der Waals surface area (Å²) in [5, 5.41) is 0. The maximum absolute atomic E-state index is 11.5. The van der Waals surface area contributed by atoms with Crippen molar-refractivity contribution in [1.82, 2.24) is 0 Å². The van der Waals surface area contributed by atoms with Crippen LogP contribution in [0.2, 0.25) is 0 Å². The van der Waals surface area contributed by atoms with Crippen LogP contribution in [0.5, 0.6) is 0 Å². The monoisotopic (exact) mass is 306 g/mol. The van der Waals surface area contributed by atoms with Gasteiger partial charge < -0.3 is 9.79 Å². The zero-order valence-corrected chi connectivity index (χ0v) is 14.4. The Balaban J connectivity index is 3.78. The molecule has 0 aromatic carbocycles. The quantitative estimate of drug-likeness (QED) is 0.322. The van der Waals surface area contributed by atoms with Crippen LogP contribution in [0.15, 0.2) is 0 Å². The molecule has 0 fully saturated rings. The molecule has 0 aliphatic carbocycles. The standard InChI is InChI=1S/C16H35O3P/c1-3-5-7-9-11-13-15-16(20(17,18)19)14-12-10-8-6-4-2/h16H,3-15H2,1-2H3,(H2,17,18,19). The molecule has 0 saturated carbocycles. The molecule has 122 valence electrons. The summed E-state index contributed by atoms with van der Waals surface area (Å²) in [6.07, 6.45) is 14.2. The molecule has 0 rings (SSSR count). The Morgan fingerprint density at radius 1 is 0.700 bits per heavy atom. The second-order valence-electron chi connectivity index (χ2n) is 6.00. The average molecular weight is 306 g/mol. The molecule has 0 aliphatic rings. The summed E-state index contributed by atoms with van der Waals surface area (Å²) in [4.78, 5) is 18.9. The van der Waals surface area contributed by atoms with Gasteiger partial charge in [0.2, 0.25) is 0 Å². The SMILES string of the molecule is CCCCCCCCC(CCCCCCC)P(=O)(O)O. The van der Waals surface area contributed by atoms with Crippen LogP contribution in [0, 0.1) is 0 Å². The maximum Gasteiger partial charge on any atom is 0.328 e. The zero-order chi connectivity index (χ0) is 15.3. The molecule has 0 spiro atoms. The molecule has 20 heavy (non-hydrogen) atoms. The Morgan fingerprint density at radius 2 is 1.05 bits per heavy atom. The van der Waals surface area contributed by atoms with Gasteiger partial charge in [0.05, 0.1) is 5.66 Å². The molecule has 0 bridgehead atoms. The van der Waals surface area contributed by atoms with E-state index >= 15 is 0 Å². The van der Waals surface area contributed by atoms with Crippen LogP contribution >= 0.6 is 7.60 Å². The van der Waals surface area contributed by atoms with Gasteiger partial charge in [0, 0.05) is 0 Å². The van der Waals surface area contributed by atoms with E-state index in [1.54, 1.807) is 0 Å². The first-order chi connectivity index (χ1) is 9.52. The van der Waals surface area contributed by atoms with Gasteiger partial charge in [-0.2, -0.15) is 0 Å². The van der Waals surface area contributed by atoms with Crippen molar-refractivity contribution in [2.75, 3.05) is 0 Å². The summed E-state index contributed by atoms with van der Waals surface area (Å²) in [5.41, 5.74) is -0.393. The van der Waals surface area contributed by atoms with Crippen molar-refractivity contribution in [2.45, 2.75) is 103 Å². The molecule has 0 aliphatic heterocycles. The van der Waals surface area contributed by atoms with Crippen LogP contribution in [0.1, 0.15) is 97.3 Å². The van der Waals surface area contributed by atoms with Gasteiger partial charge >= 0.3 is 7.60 Å². The van der Waals surface area contributed by atoms with E-state index in [1.807, 2.05) is 0 Å². The fraction of sp³-hybridized carbons (Fsp3) is 1.00. The largest absolute Gasteiger partial charge is 0.328 e. The minimum atomic E-state index is -3.89. The molecule has 0 saturated heterocycles. The van der Waals surface area contributed by atoms with Crippen LogP contribution in [0.4, 0.5) is 0 Å². The van der Waals surface area contributed by atoms with Crippen molar-refractivity contribution >= 4 is 7.60 Å².